The van der Waals surface area contributed by atoms with E-state index in [2.05, 4.69) is 38.3 Å². The summed E-state index contributed by atoms with van der Waals surface area (Å²) in [7, 11) is 1.49. The van der Waals surface area contributed by atoms with Crippen LogP contribution in [0.15, 0.2) is 24.3 Å². The number of carbonyl (C=O) groups is 2. The van der Waals surface area contributed by atoms with E-state index in [1.807, 2.05) is 0 Å². The smallest absolute Gasteiger partial charge is 0.292 e. The van der Waals surface area contributed by atoms with Gasteiger partial charge in [0.15, 0.2) is 0 Å². The van der Waals surface area contributed by atoms with Crippen molar-refractivity contribution in [3.05, 3.63) is 29.8 Å². The molecule has 0 spiro atoms. The summed E-state index contributed by atoms with van der Waals surface area (Å²) in [5.74, 6) is -0.719. The van der Waals surface area contributed by atoms with Crippen LogP contribution in [0.1, 0.15) is 50.9 Å². The molecule has 0 aliphatic carbocycles. The van der Waals surface area contributed by atoms with Crippen molar-refractivity contribution < 1.29 is 14.3 Å². The van der Waals surface area contributed by atoms with Gasteiger partial charge in [0.1, 0.15) is 5.75 Å². The summed E-state index contributed by atoms with van der Waals surface area (Å²) < 4.78 is 5.16. The topological polar surface area (TPSA) is 67.4 Å². The van der Waals surface area contributed by atoms with Gasteiger partial charge >= 0.3 is 0 Å². The zero-order chi connectivity index (χ0) is 17.3. The van der Waals surface area contributed by atoms with Gasteiger partial charge in [0, 0.05) is 17.1 Å². The predicted molar refractivity (Wildman–Crippen MR) is 89.8 cm³/mol. The Bertz CT molecular complexity index is 592. The highest BCUT2D eigenvalue weighted by atomic mass is 16.5. The lowest BCUT2D eigenvalue weighted by Gasteiger charge is -2.46. The van der Waals surface area contributed by atoms with E-state index in [0.717, 1.165) is 12.8 Å². The molecule has 23 heavy (non-hydrogen) atoms. The van der Waals surface area contributed by atoms with Crippen LogP contribution < -0.4 is 15.4 Å². The zero-order valence-corrected chi connectivity index (χ0v) is 14.5. The van der Waals surface area contributed by atoms with E-state index in [1.54, 1.807) is 24.3 Å². The van der Waals surface area contributed by atoms with E-state index >= 15 is 0 Å². The maximum Gasteiger partial charge on any atom is 0.292 e. The third-order valence-corrected chi connectivity index (χ3v) is 4.08. The monoisotopic (exact) mass is 318 g/mol. The highest BCUT2D eigenvalue weighted by Crippen LogP contribution is 2.28. The fraction of sp³-hybridized carbons (Fsp3) is 0.556. The number of amides is 1. The van der Waals surface area contributed by atoms with Crippen LogP contribution in [0, 0.1) is 0 Å². The molecule has 1 aromatic rings. The molecule has 1 aliphatic heterocycles. The Labute approximate surface area is 137 Å². The molecule has 0 radical (unpaired) electrons. The first kappa shape index (κ1) is 17.5. The van der Waals surface area contributed by atoms with Crippen molar-refractivity contribution in [1.29, 1.82) is 0 Å². The summed E-state index contributed by atoms with van der Waals surface area (Å²) in [6, 6.07) is 6.74. The lowest BCUT2D eigenvalue weighted by Crippen LogP contribution is -2.62. The van der Waals surface area contributed by atoms with Crippen LogP contribution >= 0.6 is 0 Å². The fourth-order valence-corrected chi connectivity index (χ4v) is 3.63. The molecule has 5 nitrogen and oxygen atoms in total. The van der Waals surface area contributed by atoms with Crippen molar-refractivity contribution in [3.63, 3.8) is 0 Å². The molecule has 1 amide bonds. The maximum atomic E-state index is 12.4. The number of ether oxygens (including phenoxy) is 1. The molecular formula is C18H26N2O3. The van der Waals surface area contributed by atoms with Crippen molar-refractivity contribution in [2.45, 2.75) is 57.7 Å². The van der Waals surface area contributed by atoms with Crippen LogP contribution in [0.4, 0.5) is 0 Å². The van der Waals surface area contributed by atoms with Crippen LogP contribution in [0.2, 0.25) is 0 Å². The molecule has 0 unspecified atom stereocenters. The molecule has 0 aromatic heterocycles. The number of piperidine rings is 1. The molecule has 1 saturated heterocycles. The molecule has 1 aromatic carbocycles. The van der Waals surface area contributed by atoms with Gasteiger partial charge in [0.25, 0.3) is 11.7 Å². The van der Waals surface area contributed by atoms with E-state index in [0.29, 0.717) is 11.3 Å². The summed E-state index contributed by atoms with van der Waals surface area (Å²) in [5.41, 5.74) is 0.111. The molecule has 0 bridgehead atoms. The molecule has 1 heterocycles. The number of Topliss-reactive ketones (excluding diaryl/α,β-unsaturated/α-hetero) is 1. The van der Waals surface area contributed by atoms with Crippen molar-refractivity contribution in [3.8, 4) is 5.75 Å². The van der Waals surface area contributed by atoms with Gasteiger partial charge in [-0.3, -0.25) is 9.59 Å². The number of carbonyl (C=O) groups excluding carboxylic acids is 2. The van der Waals surface area contributed by atoms with Gasteiger partial charge in [-0.2, -0.15) is 0 Å². The lowest BCUT2D eigenvalue weighted by atomic mass is 9.79. The standard InChI is InChI=1S/C18H26N2O3/c1-17(2)10-12(11-18(3,4)20-17)19-16(22)15(21)13-8-6-7-9-14(13)23-5/h6-9,12,20H,10-11H2,1-5H3,(H,19,22). The van der Waals surface area contributed by atoms with Gasteiger partial charge in [-0.05, 0) is 52.7 Å². The van der Waals surface area contributed by atoms with Gasteiger partial charge in [-0.15, -0.1) is 0 Å². The molecule has 5 heteroatoms. The number of ketones is 1. The molecule has 126 valence electrons. The van der Waals surface area contributed by atoms with Crippen LogP contribution in [0.3, 0.4) is 0 Å². The van der Waals surface area contributed by atoms with E-state index in [4.69, 9.17) is 4.74 Å². The minimum absolute atomic E-state index is 0.0348. The Morgan fingerprint density at radius 3 is 2.26 bits per heavy atom. The lowest BCUT2D eigenvalue weighted by molar-refractivity contribution is -0.118. The summed E-state index contributed by atoms with van der Waals surface area (Å²) in [6.45, 7) is 8.43. The fourth-order valence-electron chi connectivity index (χ4n) is 3.63. The van der Waals surface area contributed by atoms with E-state index in [-0.39, 0.29) is 17.1 Å². The molecular weight excluding hydrogens is 292 g/mol. The minimum Gasteiger partial charge on any atom is -0.496 e. The highest BCUT2D eigenvalue weighted by molar-refractivity contribution is 6.43. The third-order valence-electron chi connectivity index (χ3n) is 4.08. The van der Waals surface area contributed by atoms with E-state index in [9.17, 15) is 9.59 Å². The van der Waals surface area contributed by atoms with Crippen molar-refractivity contribution >= 4 is 11.7 Å². The van der Waals surface area contributed by atoms with Gasteiger partial charge in [0.2, 0.25) is 0 Å². The van der Waals surface area contributed by atoms with Crippen LogP contribution in [0.25, 0.3) is 0 Å². The van der Waals surface area contributed by atoms with Gasteiger partial charge in [0.05, 0.1) is 12.7 Å². The Hall–Kier alpha value is -1.88. The van der Waals surface area contributed by atoms with E-state index < -0.39 is 11.7 Å². The van der Waals surface area contributed by atoms with Crippen molar-refractivity contribution in [2.24, 2.45) is 0 Å². The number of hydrogen-bond donors (Lipinski definition) is 2. The average Bonchev–Trinajstić information content (AvgIpc) is 2.42. The molecule has 0 saturated carbocycles. The van der Waals surface area contributed by atoms with Crippen LogP contribution in [0.5, 0.6) is 5.75 Å². The maximum absolute atomic E-state index is 12.4. The van der Waals surface area contributed by atoms with Gasteiger partial charge in [-0.1, -0.05) is 12.1 Å². The molecule has 1 fully saturated rings. The number of methoxy groups -OCH3 is 1. The quantitative estimate of drug-likeness (QED) is 0.660. The Kier molecular flexibility index (Phi) is 4.80. The third kappa shape index (κ3) is 4.32. The first-order valence-corrected chi connectivity index (χ1v) is 7.91. The second-order valence-electron chi connectivity index (χ2n) is 7.50. The predicted octanol–water partition coefficient (Wildman–Crippen LogP) is 2.30. The molecule has 2 N–H and O–H groups in total. The highest BCUT2D eigenvalue weighted by Gasteiger charge is 2.38. The minimum atomic E-state index is -0.576. The second-order valence-corrected chi connectivity index (χ2v) is 7.50. The first-order valence-electron chi connectivity index (χ1n) is 7.91. The SMILES string of the molecule is COc1ccccc1C(=O)C(=O)NC1CC(C)(C)NC(C)(C)C1. The summed E-state index contributed by atoms with van der Waals surface area (Å²) in [5, 5.41) is 6.45. The van der Waals surface area contributed by atoms with Crippen LogP contribution in [-0.4, -0.2) is 35.9 Å². The molecule has 0 atom stereocenters. The van der Waals surface area contributed by atoms with Crippen LogP contribution in [-0.2, 0) is 4.79 Å². The van der Waals surface area contributed by atoms with Crippen molar-refractivity contribution in [2.75, 3.05) is 7.11 Å². The first-order chi connectivity index (χ1) is 10.6. The van der Waals surface area contributed by atoms with Gasteiger partial charge < -0.3 is 15.4 Å². The summed E-state index contributed by atoms with van der Waals surface area (Å²) in [4.78, 5) is 24.8. The number of hydrogen-bond acceptors (Lipinski definition) is 4. The number of benzene rings is 1. The molecule has 2 rings (SSSR count). The van der Waals surface area contributed by atoms with Crippen molar-refractivity contribution in [1.82, 2.24) is 10.6 Å². The second kappa shape index (κ2) is 6.32. The summed E-state index contributed by atoms with van der Waals surface area (Å²) >= 11 is 0. The molecule has 1 aliphatic rings. The van der Waals surface area contributed by atoms with E-state index in [1.165, 1.54) is 7.11 Å². The average molecular weight is 318 g/mol. The zero-order valence-electron chi connectivity index (χ0n) is 14.5. The number of rotatable bonds is 4. The number of para-hydroxylation sites is 1. The summed E-state index contributed by atoms with van der Waals surface area (Å²) in [6.07, 6.45) is 1.56. The Morgan fingerprint density at radius 2 is 1.70 bits per heavy atom. The number of nitrogens with one attached hydrogen (secondary N) is 2. The Morgan fingerprint density at radius 1 is 1.13 bits per heavy atom. The van der Waals surface area contributed by atoms with Gasteiger partial charge in [-0.25, -0.2) is 0 Å². The Balaban J connectivity index is 2.11. The normalized spacial score (nSPS) is 19.9. The largest absolute Gasteiger partial charge is 0.496 e.